The van der Waals surface area contributed by atoms with Gasteiger partial charge in [-0.15, -0.1) is 0 Å². The van der Waals surface area contributed by atoms with Crippen LogP contribution in [0.25, 0.3) is 44.5 Å². The molecule has 0 unspecified atom stereocenters. The molecule has 0 bridgehead atoms. The molecule has 0 atom stereocenters. The first-order valence-electron chi connectivity index (χ1n) is 19.3. The minimum atomic E-state index is 1.13. The Morgan fingerprint density at radius 1 is 0.333 bits per heavy atom. The number of hydrogen-bond acceptors (Lipinski definition) is 2. The molecule has 2 heteroatoms. The van der Waals surface area contributed by atoms with Crippen LogP contribution in [0.1, 0.15) is 59.1 Å². The van der Waals surface area contributed by atoms with Gasteiger partial charge in [-0.3, -0.25) is 0 Å². The summed E-state index contributed by atoms with van der Waals surface area (Å²) in [5.41, 5.74) is 23.2. The molecule has 0 fully saturated rings. The van der Waals surface area contributed by atoms with E-state index in [4.69, 9.17) is 0 Å². The summed E-state index contributed by atoms with van der Waals surface area (Å²) in [5.74, 6) is 0. The third kappa shape index (κ3) is 5.10. The van der Waals surface area contributed by atoms with E-state index in [1.807, 2.05) is 0 Å². The molecule has 4 aliphatic rings. The molecular formula is C49H45N2+. The fraction of sp³-hybridized carbons (Fsp3) is 0.245. The van der Waals surface area contributed by atoms with Crippen molar-refractivity contribution in [2.75, 3.05) is 36.0 Å². The van der Waals surface area contributed by atoms with Crippen LogP contribution in [-0.2, 0) is 25.7 Å². The van der Waals surface area contributed by atoms with Gasteiger partial charge in [0.15, 0.2) is 0 Å². The number of anilines is 2. The van der Waals surface area contributed by atoms with Crippen molar-refractivity contribution in [2.24, 2.45) is 0 Å². The number of nitrogens with zero attached hydrogens (tertiary/aromatic N) is 2. The minimum Gasteiger partial charge on any atom is -0.370 e. The van der Waals surface area contributed by atoms with Gasteiger partial charge in [0, 0.05) is 77.1 Å². The van der Waals surface area contributed by atoms with E-state index in [0.717, 1.165) is 51.9 Å². The summed E-state index contributed by atoms with van der Waals surface area (Å²) < 4.78 is 0. The monoisotopic (exact) mass is 661 g/mol. The van der Waals surface area contributed by atoms with Crippen LogP contribution in [-0.4, -0.2) is 26.2 Å². The molecule has 0 saturated carbocycles. The van der Waals surface area contributed by atoms with Gasteiger partial charge in [0.05, 0.1) is 44.8 Å². The van der Waals surface area contributed by atoms with Crippen molar-refractivity contribution in [3.8, 4) is 44.5 Å². The lowest BCUT2D eigenvalue weighted by atomic mass is 9.73. The van der Waals surface area contributed by atoms with Gasteiger partial charge in [-0.2, -0.15) is 0 Å². The van der Waals surface area contributed by atoms with E-state index in [2.05, 4.69) is 138 Å². The van der Waals surface area contributed by atoms with Crippen molar-refractivity contribution in [3.05, 3.63) is 161 Å². The van der Waals surface area contributed by atoms with Crippen LogP contribution in [0.4, 0.5) is 11.4 Å². The van der Waals surface area contributed by atoms with Crippen LogP contribution in [0, 0.1) is 6.42 Å². The van der Waals surface area contributed by atoms with E-state index < -0.39 is 0 Å². The van der Waals surface area contributed by atoms with Gasteiger partial charge in [-0.1, -0.05) is 72.8 Å². The topological polar surface area (TPSA) is 6.48 Å². The van der Waals surface area contributed by atoms with Gasteiger partial charge in [0.1, 0.15) is 0 Å². The van der Waals surface area contributed by atoms with Crippen molar-refractivity contribution in [3.63, 3.8) is 0 Å². The van der Waals surface area contributed by atoms with Crippen LogP contribution >= 0.6 is 0 Å². The number of rotatable bonds is 6. The van der Waals surface area contributed by atoms with Crippen LogP contribution < -0.4 is 9.80 Å². The van der Waals surface area contributed by atoms with Crippen molar-refractivity contribution >= 4 is 11.4 Å². The molecule has 0 saturated heterocycles. The van der Waals surface area contributed by atoms with Gasteiger partial charge >= 0.3 is 0 Å². The second-order valence-electron chi connectivity index (χ2n) is 14.9. The normalized spacial score (nSPS) is 16.0. The van der Waals surface area contributed by atoms with Gasteiger partial charge < -0.3 is 9.80 Å². The standard InChI is InChI=1S/C49H45N2/c1-5-17-34(18-6-1)44-38-25-13-29-50-30-14-26-39(48(38)50)45(35-19-7-2-8-20-35)42(44)33-43-46(36-21-9-3-10-22-36)40-27-15-31-51-32-16-28-41(49(40)51)47(43)37-23-11-4-12-24-37/h1-12,17-24,33H,13-16,25-32H2/q+1. The average Bonchev–Trinajstić information content (AvgIpc) is 3.20. The van der Waals surface area contributed by atoms with E-state index >= 15 is 0 Å². The molecule has 0 radical (unpaired) electrons. The third-order valence-corrected chi connectivity index (χ3v) is 12.0. The van der Waals surface area contributed by atoms with E-state index in [1.54, 1.807) is 22.3 Å². The highest BCUT2D eigenvalue weighted by Crippen LogP contribution is 2.54. The maximum absolute atomic E-state index is 2.72. The second-order valence-corrected chi connectivity index (χ2v) is 14.9. The van der Waals surface area contributed by atoms with Gasteiger partial charge in [-0.25, -0.2) is 0 Å². The lowest BCUT2D eigenvalue weighted by Gasteiger charge is -2.39. The van der Waals surface area contributed by atoms with Crippen LogP contribution in [0.3, 0.4) is 0 Å². The zero-order valence-corrected chi connectivity index (χ0v) is 29.5. The summed E-state index contributed by atoms with van der Waals surface area (Å²) in [7, 11) is 0. The van der Waals surface area contributed by atoms with Crippen molar-refractivity contribution in [2.45, 2.75) is 51.4 Å². The Kier molecular flexibility index (Phi) is 7.70. The van der Waals surface area contributed by atoms with E-state index in [0.29, 0.717) is 0 Å². The van der Waals surface area contributed by atoms with E-state index in [-0.39, 0.29) is 0 Å². The first kappa shape index (κ1) is 30.6. The van der Waals surface area contributed by atoms with Crippen molar-refractivity contribution in [1.29, 1.82) is 0 Å². The summed E-state index contributed by atoms with van der Waals surface area (Å²) in [6, 6.07) is 45.4. The lowest BCUT2D eigenvalue weighted by Crippen LogP contribution is -2.35. The quantitative estimate of drug-likeness (QED) is 0.164. The molecule has 4 aliphatic heterocycles. The SMILES string of the molecule is c1ccc(-c2c([CH+]c3c(-c4ccccc4)c4c5c(c3-c3ccccc3)CCCN5CCC4)c(-c3ccccc3)c3c4c2CCCN4CCC3)cc1. The van der Waals surface area contributed by atoms with Crippen LogP contribution in [0.2, 0.25) is 0 Å². The molecule has 0 N–H and O–H groups in total. The van der Waals surface area contributed by atoms with Gasteiger partial charge in [0.2, 0.25) is 0 Å². The lowest BCUT2D eigenvalue weighted by molar-refractivity contribution is 0.634. The maximum atomic E-state index is 2.72. The summed E-state index contributed by atoms with van der Waals surface area (Å²) in [6.07, 6.45) is 12.0. The van der Waals surface area contributed by atoms with Crippen molar-refractivity contribution < 1.29 is 0 Å². The first-order valence-corrected chi connectivity index (χ1v) is 19.3. The molecule has 2 nitrogen and oxygen atoms in total. The summed E-state index contributed by atoms with van der Waals surface area (Å²) in [6.45, 7) is 4.64. The molecular weight excluding hydrogens is 617 g/mol. The van der Waals surface area contributed by atoms with Crippen molar-refractivity contribution in [1.82, 2.24) is 0 Å². The summed E-state index contributed by atoms with van der Waals surface area (Å²) in [4.78, 5) is 5.45. The highest BCUT2D eigenvalue weighted by atomic mass is 15.1. The molecule has 250 valence electrons. The second kappa shape index (κ2) is 12.8. The Balaban J connectivity index is 1.36. The fourth-order valence-corrected chi connectivity index (χ4v) is 10.1. The predicted octanol–water partition coefficient (Wildman–Crippen LogP) is 11.4. The Morgan fingerprint density at radius 2 is 0.588 bits per heavy atom. The number of benzene rings is 6. The number of hydrogen-bond donors (Lipinski definition) is 0. The molecule has 6 aromatic rings. The molecule has 51 heavy (non-hydrogen) atoms. The summed E-state index contributed by atoms with van der Waals surface area (Å²) >= 11 is 0. The third-order valence-electron chi connectivity index (χ3n) is 12.0. The molecule has 4 heterocycles. The largest absolute Gasteiger partial charge is 0.370 e. The Labute approximate surface area is 303 Å². The Bertz CT molecular complexity index is 1910. The van der Waals surface area contributed by atoms with E-state index in [1.165, 1.54) is 92.7 Å². The Morgan fingerprint density at radius 3 is 0.843 bits per heavy atom. The minimum absolute atomic E-state index is 1.13. The average molecular weight is 662 g/mol. The highest BCUT2D eigenvalue weighted by Gasteiger charge is 2.39. The fourth-order valence-electron chi connectivity index (χ4n) is 10.1. The maximum Gasteiger partial charge on any atom is 0.0893 e. The zero-order valence-electron chi connectivity index (χ0n) is 29.5. The molecule has 0 aliphatic carbocycles. The molecule has 0 amide bonds. The van der Waals surface area contributed by atoms with Crippen LogP contribution in [0.15, 0.2) is 121 Å². The molecule has 10 rings (SSSR count). The Hall–Kier alpha value is -5.21. The van der Waals surface area contributed by atoms with E-state index in [9.17, 15) is 0 Å². The van der Waals surface area contributed by atoms with Gasteiger partial charge in [-0.05, 0) is 99.9 Å². The van der Waals surface area contributed by atoms with Crippen LogP contribution in [0.5, 0.6) is 0 Å². The smallest absolute Gasteiger partial charge is 0.0893 e. The molecule has 0 aromatic heterocycles. The van der Waals surface area contributed by atoms with Gasteiger partial charge in [0.25, 0.3) is 0 Å². The zero-order chi connectivity index (χ0) is 33.7. The molecule has 6 aromatic carbocycles. The highest BCUT2D eigenvalue weighted by molar-refractivity contribution is 5.97. The predicted molar refractivity (Wildman–Crippen MR) is 215 cm³/mol. The first-order chi connectivity index (χ1) is 25.3. The summed E-state index contributed by atoms with van der Waals surface area (Å²) in [5, 5.41) is 0. The molecule has 0 spiro atoms.